The molecular formula is C16H19FN2O4. The van der Waals surface area contributed by atoms with Gasteiger partial charge in [0.2, 0.25) is 5.82 Å². The molecule has 1 aromatic carbocycles. The number of ether oxygens (including phenoxy) is 1. The van der Waals surface area contributed by atoms with E-state index in [4.69, 9.17) is 9.26 Å². The van der Waals surface area contributed by atoms with E-state index in [9.17, 15) is 14.3 Å². The molecule has 6 nitrogen and oxygen atoms in total. The summed E-state index contributed by atoms with van der Waals surface area (Å²) in [5, 5.41) is 13.3. The molecule has 0 fully saturated rings. The lowest BCUT2D eigenvalue weighted by Crippen LogP contribution is -2.24. The number of esters is 1. The van der Waals surface area contributed by atoms with E-state index in [0.717, 1.165) is 6.07 Å². The highest BCUT2D eigenvalue weighted by Gasteiger charge is 2.22. The predicted octanol–water partition coefficient (Wildman–Crippen LogP) is 3.27. The molecule has 0 saturated heterocycles. The summed E-state index contributed by atoms with van der Waals surface area (Å²) in [6.45, 7) is 6.88. The molecule has 2 aromatic rings. The average Bonchev–Trinajstić information content (AvgIpc) is 2.94. The van der Waals surface area contributed by atoms with Crippen molar-refractivity contribution in [3.8, 4) is 11.4 Å². The Labute approximate surface area is 133 Å². The Morgan fingerprint density at radius 2 is 2.13 bits per heavy atom. The fourth-order valence-electron chi connectivity index (χ4n) is 1.82. The SMILES string of the molecule is CC[C@H](O)c1nc(-c2ccc(C(=O)OC(C)(C)C)c(F)c2)no1. The molecule has 1 aromatic heterocycles. The quantitative estimate of drug-likeness (QED) is 0.870. The molecule has 0 unspecified atom stereocenters. The molecule has 1 heterocycles. The molecule has 23 heavy (non-hydrogen) atoms. The molecule has 0 aliphatic rings. The number of aliphatic hydroxyl groups excluding tert-OH is 1. The molecule has 0 radical (unpaired) electrons. The lowest BCUT2D eigenvalue weighted by molar-refractivity contribution is 0.00647. The van der Waals surface area contributed by atoms with E-state index < -0.39 is 23.5 Å². The summed E-state index contributed by atoms with van der Waals surface area (Å²) in [6.07, 6.45) is -0.435. The maximum Gasteiger partial charge on any atom is 0.341 e. The van der Waals surface area contributed by atoms with Crippen LogP contribution in [-0.4, -0.2) is 26.8 Å². The van der Waals surface area contributed by atoms with E-state index in [1.54, 1.807) is 27.7 Å². The van der Waals surface area contributed by atoms with E-state index in [0.29, 0.717) is 12.0 Å². The van der Waals surface area contributed by atoms with Crippen LogP contribution < -0.4 is 0 Å². The second-order valence-corrected chi connectivity index (χ2v) is 6.08. The summed E-state index contributed by atoms with van der Waals surface area (Å²) in [7, 11) is 0. The van der Waals surface area contributed by atoms with E-state index in [1.807, 2.05) is 0 Å². The Hall–Kier alpha value is -2.28. The van der Waals surface area contributed by atoms with Gasteiger partial charge in [0.05, 0.1) is 5.56 Å². The summed E-state index contributed by atoms with van der Waals surface area (Å²) in [6, 6.07) is 3.94. The minimum Gasteiger partial charge on any atom is -0.456 e. The maximum absolute atomic E-state index is 14.2. The topological polar surface area (TPSA) is 85.5 Å². The molecule has 0 aliphatic heterocycles. The van der Waals surface area contributed by atoms with Gasteiger partial charge in [0.15, 0.2) is 0 Å². The minimum absolute atomic E-state index is 0.0686. The van der Waals surface area contributed by atoms with Gasteiger partial charge in [-0.05, 0) is 45.4 Å². The number of carbonyl (C=O) groups is 1. The first kappa shape index (κ1) is 17.1. The highest BCUT2D eigenvalue weighted by molar-refractivity contribution is 5.90. The molecule has 1 N–H and O–H groups in total. The summed E-state index contributed by atoms with van der Waals surface area (Å²) in [5.41, 5.74) is -0.532. The highest BCUT2D eigenvalue weighted by atomic mass is 19.1. The first-order valence-corrected chi connectivity index (χ1v) is 7.26. The molecule has 0 saturated carbocycles. The zero-order chi connectivity index (χ0) is 17.2. The standard InChI is InChI=1S/C16H19FN2O4/c1-5-12(20)14-18-13(19-23-14)9-6-7-10(11(17)8-9)15(21)22-16(2,3)4/h6-8,12,20H,5H2,1-4H3/t12-/m0/s1. The molecule has 0 aliphatic carbocycles. The minimum atomic E-state index is -0.859. The van der Waals surface area contributed by atoms with Gasteiger partial charge in [0.25, 0.3) is 5.89 Å². The smallest absolute Gasteiger partial charge is 0.341 e. The molecule has 0 bridgehead atoms. The van der Waals surface area contributed by atoms with Crippen molar-refractivity contribution in [3.05, 3.63) is 35.5 Å². The normalized spacial score (nSPS) is 13.0. The van der Waals surface area contributed by atoms with E-state index in [1.165, 1.54) is 12.1 Å². The fourth-order valence-corrected chi connectivity index (χ4v) is 1.82. The average molecular weight is 322 g/mol. The number of carbonyl (C=O) groups excluding carboxylic acids is 1. The van der Waals surface area contributed by atoms with Crippen LogP contribution in [0, 0.1) is 5.82 Å². The van der Waals surface area contributed by atoms with Gasteiger partial charge in [-0.2, -0.15) is 4.98 Å². The molecule has 124 valence electrons. The van der Waals surface area contributed by atoms with Crippen LogP contribution in [0.3, 0.4) is 0 Å². The monoisotopic (exact) mass is 322 g/mol. The summed E-state index contributed by atoms with van der Waals surface area (Å²) in [4.78, 5) is 15.9. The summed E-state index contributed by atoms with van der Waals surface area (Å²) in [5.74, 6) is -1.27. The van der Waals surface area contributed by atoms with Crippen LogP contribution in [0.4, 0.5) is 4.39 Å². The first-order chi connectivity index (χ1) is 10.7. The van der Waals surface area contributed by atoms with Gasteiger partial charge in [-0.3, -0.25) is 0 Å². The van der Waals surface area contributed by atoms with Crippen molar-refractivity contribution in [1.82, 2.24) is 10.1 Å². The number of benzene rings is 1. The van der Waals surface area contributed by atoms with Gasteiger partial charge in [0.1, 0.15) is 17.5 Å². The molecule has 0 spiro atoms. The van der Waals surface area contributed by atoms with Crippen molar-refractivity contribution in [1.29, 1.82) is 0 Å². The van der Waals surface area contributed by atoms with Crippen LogP contribution in [0.2, 0.25) is 0 Å². The number of hydrogen-bond acceptors (Lipinski definition) is 6. The van der Waals surface area contributed by atoms with Crippen molar-refractivity contribution in [2.75, 3.05) is 0 Å². The van der Waals surface area contributed by atoms with Gasteiger partial charge in [-0.25, -0.2) is 9.18 Å². The lowest BCUT2D eigenvalue weighted by atomic mass is 10.1. The largest absolute Gasteiger partial charge is 0.456 e. The van der Waals surface area contributed by atoms with Crippen molar-refractivity contribution < 1.29 is 23.6 Å². The Kier molecular flexibility index (Phi) is 4.79. The second-order valence-electron chi connectivity index (χ2n) is 6.08. The van der Waals surface area contributed by atoms with Crippen LogP contribution in [0.5, 0.6) is 0 Å². The third-order valence-corrected chi connectivity index (χ3v) is 2.96. The van der Waals surface area contributed by atoms with E-state index >= 15 is 0 Å². The van der Waals surface area contributed by atoms with Gasteiger partial charge in [-0.1, -0.05) is 12.1 Å². The number of rotatable bonds is 4. The number of halogens is 1. The second kappa shape index (κ2) is 6.45. The number of aromatic nitrogens is 2. The van der Waals surface area contributed by atoms with Crippen LogP contribution >= 0.6 is 0 Å². The first-order valence-electron chi connectivity index (χ1n) is 7.26. The van der Waals surface area contributed by atoms with Crippen LogP contribution in [0.15, 0.2) is 22.7 Å². The maximum atomic E-state index is 14.2. The van der Waals surface area contributed by atoms with Gasteiger partial charge in [-0.15, -0.1) is 0 Å². The lowest BCUT2D eigenvalue weighted by Gasteiger charge is -2.19. The van der Waals surface area contributed by atoms with Crippen molar-refractivity contribution in [3.63, 3.8) is 0 Å². The number of hydrogen-bond donors (Lipinski definition) is 1. The van der Waals surface area contributed by atoms with Crippen molar-refractivity contribution in [2.45, 2.75) is 45.8 Å². The highest BCUT2D eigenvalue weighted by Crippen LogP contribution is 2.23. The van der Waals surface area contributed by atoms with Crippen LogP contribution in [0.25, 0.3) is 11.4 Å². The van der Waals surface area contributed by atoms with Crippen LogP contribution in [-0.2, 0) is 4.74 Å². The zero-order valence-electron chi connectivity index (χ0n) is 13.5. The predicted molar refractivity (Wildman–Crippen MR) is 80.1 cm³/mol. The Morgan fingerprint density at radius 3 is 2.70 bits per heavy atom. The van der Waals surface area contributed by atoms with Crippen molar-refractivity contribution >= 4 is 5.97 Å². The van der Waals surface area contributed by atoms with Crippen molar-refractivity contribution in [2.24, 2.45) is 0 Å². The Bertz CT molecular complexity index is 706. The van der Waals surface area contributed by atoms with E-state index in [2.05, 4.69) is 10.1 Å². The van der Waals surface area contributed by atoms with Gasteiger partial charge < -0.3 is 14.4 Å². The molecule has 1 atom stereocenters. The van der Waals surface area contributed by atoms with Crippen LogP contribution in [0.1, 0.15) is 56.5 Å². The van der Waals surface area contributed by atoms with E-state index in [-0.39, 0.29) is 17.3 Å². The van der Waals surface area contributed by atoms with Gasteiger partial charge in [0, 0.05) is 5.56 Å². The number of aliphatic hydroxyl groups is 1. The molecule has 2 rings (SSSR count). The zero-order valence-corrected chi connectivity index (χ0v) is 13.5. The number of nitrogens with zero attached hydrogens (tertiary/aromatic N) is 2. The summed E-state index contributed by atoms with van der Waals surface area (Å²) < 4.78 is 24.2. The molecule has 0 amide bonds. The molecular weight excluding hydrogens is 303 g/mol. The molecule has 7 heteroatoms. The Balaban J connectivity index is 2.25. The summed E-state index contributed by atoms with van der Waals surface area (Å²) >= 11 is 0. The van der Waals surface area contributed by atoms with Gasteiger partial charge >= 0.3 is 5.97 Å². The fraction of sp³-hybridized carbons (Fsp3) is 0.438. The Morgan fingerprint density at radius 1 is 1.43 bits per heavy atom. The third kappa shape index (κ3) is 4.13. The third-order valence-electron chi connectivity index (χ3n) is 2.96.